The van der Waals surface area contributed by atoms with Crippen LogP contribution in [0.4, 0.5) is 48.6 Å². The van der Waals surface area contributed by atoms with Crippen LogP contribution in [0.1, 0.15) is 217 Å². The predicted octanol–water partition coefficient (Wildman–Crippen LogP) is 23.2. The van der Waals surface area contributed by atoms with Gasteiger partial charge in [0.2, 0.25) is 17.5 Å². The molecule has 2 aliphatic heterocycles. The first-order valence-corrected chi connectivity index (χ1v) is 49.2. The number of hydrogen-bond donors (Lipinski definition) is 3. The Hall–Kier alpha value is -9.04. The highest BCUT2D eigenvalue weighted by molar-refractivity contribution is 9.10. The molecule has 0 bridgehead atoms. The van der Waals surface area contributed by atoms with Crippen molar-refractivity contribution >= 4 is 162 Å². The molecule has 9 aliphatic rings. The van der Waals surface area contributed by atoms with Crippen molar-refractivity contribution in [2.75, 3.05) is 49.3 Å². The van der Waals surface area contributed by atoms with Gasteiger partial charge in [0.1, 0.15) is 45.4 Å². The van der Waals surface area contributed by atoms with Gasteiger partial charge in [-0.15, -0.1) is 23.5 Å². The number of primary amides is 1. The van der Waals surface area contributed by atoms with Crippen LogP contribution in [0.25, 0.3) is 22.3 Å². The molecule has 0 radical (unpaired) electrons. The number of nitro benzene ring substituents is 4. The Labute approximate surface area is 755 Å². The quantitative estimate of drug-likeness (QED) is 0.0236. The molecule has 7 aliphatic carbocycles. The molecule has 2 unspecified atom stereocenters. The minimum atomic E-state index is -3.42. The second-order valence-electron chi connectivity index (χ2n) is 32.1. The van der Waals surface area contributed by atoms with Crippen molar-refractivity contribution < 1.29 is 59.6 Å². The third kappa shape index (κ3) is 27.7. The number of nitro groups is 4. The lowest BCUT2D eigenvalue weighted by Gasteiger charge is -2.25. The van der Waals surface area contributed by atoms with Crippen molar-refractivity contribution in [2.24, 2.45) is 17.6 Å². The molecule has 6 heterocycles. The first-order chi connectivity index (χ1) is 59.4. The average Bonchev–Trinajstić information content (AvgIpc) is 1.63. The fourth-order valence-corrected chi connectivity index (χ4v) is 17.7. The summed E-state index contributed by atoms with van der Waals surface area (Å²) >= 11 is 24.3. The molecule has 125 heavy (non-hydrogen) atoms. The Bertz CT molecular complexity index is 5790. The van der Waals surface area contributed by atoms with Crippen LogP contribution in [0.2, 0.25) is 15.3 Å². The summed E-state index contributed by atoms with van der Waals surface area (Å²) in [7, 11) is -6.61. The van der Waals surface area contributed by atoms with Gasteiger partial charge in [-0.25, -0.2) is 36.8 Å². The molecule has 4 aromatic heterocycles. The molecule has 38 heteroatoms. The number of nitrogens with zero attached hydrogens (tertiary/aromatic N) is 10. The number of imidazole rings is 2. The number of nitrogens with two attached hydrogens (primary N) is 2. The molecule has 2 atom stereocenters. The predicted molar refractivity (Wildman–Crippen MR) is 488 cm³/mol. The molecule has 10 aromatic rings. The van der Waals surface area contributed by atoms with E-state index in [4.69, 9.17) is 60.7 Å². The smallest absolute Gasteiger partial charge is 0.304 e. The summed E-state index contributed by atoms with van der Waals surface area (Å²) in [6.07, 6.45) is 28.9. The molecule has 9 fully saturated rings. The number of ether oxygens (including phenoxy) is 2. The number of amides is 1. The van der Waals surface area contributed by atoms with Crippen molar-refractivity contribution in [3.05, 3.63) is 233 Å². The largest absolute Gasteiger partial charge is 0.398 e. The van der Waals surface area contributed by atoms with Crippen LogP contribution in [-0.4, -0.2) is 110 Å². The topological polar surface area (TPSA) is 402 Å². The lowest BCUT2D eigenvalue weighted by Crippen LogP contribution is -2.19. The Morgan fingerprint density at radius 1 is 0.496 bits per heavy atom. The van der Waals surface area contributed by atoms with E-state index in [0.29, 0.717) is 95.4 Å². The maximum absolute atomic E-state index is 13.0. The molecule has 19 rings (SSSR count). The number of pyridine rings is 2. The number of fused-ring (bicyclic) bond motifs is 2. The van der Waals surface area contributed by atoms with Gasteiger partial charge in [-0.3, -0.25) is 54.4 Å². The van der Waals surface area contributed by atoms with Gasteiger partial charge < -0.3 is 26.3 Å². The van der Waals surface area contributed by atoms with Gasteiger partial charge in [0, 0.05) is 66.4 Å². The number of benzene rings is 6. The maximum Gasteiger partial charge on any atom is 0.304 e. The van der Waals surface area contributed by atoms with Gasteiger partial charge in [-0.2, -0.15) is 8.78 Å². The highest BCUT2D eigenvalue weighted by atomic mass is 79.9. The lowest BCUT2D eigenvalue weighted by atomic mass is 10.1. The SMILES string of the molecule is CC1CC1.CS(=O)(=O)c1cc(C2CC2)ccc1N.CSc1cc(C2CC2)ccc1[N+](=O)[O-].CSc1cc(C2CC2)ccc1[N+](=O)[O-].Cc1nc2c(Cl)cc(Cl)nc2n1C1CCCCO1.Cc1nc2c(Nc3ccc(C4CC4)cc3S(C)(=O)=O)cc(Cl)nc2n1C1CCCCO1.NC(=O)C1CC1.O=[N+]([O-])c1ccc(Br)cc1F.O=[N+]([O-])c1ccc(C2CC2)cc1F. The monoisotopic (exact) mass is 1920 g/mol. The molecular weight excluding hydrogens is 1820 g/mol. The first-order valence-electron chi connectivity index (χ1n) is 41.1. The van der Waals surface area contributed by atoms with Crippen molar-refractivity contribution in [3.8, 4) is 0 Å². The van der Waals surface area contributed by atoms with Crippen molar-refractivity contribution in [3.63, 3.8) is 0 Å². The third-order valence-corrected chi connectivity index (χ3v) is 26.7. The van der Waals surface area contributed by atoms with Gasteiger partial charge in [0.05, 0.1) is 61.4 Å². The second kappa shape index (κ2) is 43.2. The summed E-state index contributed by atoms with van der Waals surface area (Å²) in [5.41, 5.74) is 19.7. The van der Waals surface area contributed by atoms with Crippen molar-refractivity contribution in [1.82, 2.24) is 29.1 Å². The van der Waals surface area contributed by atoms with Gasteiger partial charge in [0.25, 0.3) is 11.4 Å². The van der Waals surface area contributed by atoms with E-state index in [1.54, 1.807) is 48.5 Å². The summed E-state index contributed by atoms with van der Waals surface area (Å²) in [5.74, 6) is 4.03. The number of carbonyl (C=O) groups is 1. The standard InChI is InChI=1S/C22H25ClN4O3S.C12H13Cl2N3O.C10H13NO2S.2C10H11NO2S.C9H8FNO2.C6H3BrFNO2.C4H7NO.C4H8/c1-13-24-21-17(12-19(23)26-22(21)27(13)20-5-3-4-10-30-20)25-16-9-8-15(14-6-7-14)11-18(16)31(2,28)29;1-7-15-11-8(13)6-9(14)16-12(11)17(7)10-4-2-3-5-18-10;1-14(12,13)10-6-8(7-2-3-7)4-5-9(10)11;2*1-14-10-6-8(7-2-3-7)4-5-9(10)11(12)13;10-8-5-7(6-1-2-6)3-4-9(8)11(12)13;7-4-1-2-6(9(10)11)5(8)3-4;5-4(6)3-1-2-3;1-4-2-3-4/h8-9,11-12,14,20H,3-7,10H2,1-2H3,(H,25,26);6,10H,2-5H2,1H3;4-7H,2-3,11H2,1H3;2*4-7H,2-3H2,1H3;3-6H,1-2H2;1-3H;3H,1-2H2,(H2,5,6);4H,2-3H2,1H3. The number of nitrogen functional groups attached to an aromatic ring is 1. The van der Waals surface area contributed by atoms with Crippen LogP contribution in [0.3, 0.4) is 0 Å². The van der Waals surface area contributed by atoms with Gasteiger partial charge in [-0.05, 0) is 266 Å². The average molecular weight is 1920 g/mol. The fourth-order valence-electron chi connectivity index (χ4n) is 13.7. The minimum absolute atomic E-state index is 0.00853. The highest BCUT2D eigenvalue weighted by Crippen LogP contribution is 2.47. The Morgan fingerprint density at radius 3 is 1.24 bits per heavy atom. The van der Waals surface area contributed by atoms with E-state index in [2.05, 4.69) is 43.1 Å². The summed E-state index contributed by atoms with van der Waals surface area (Å²) in [6, 6.07) is 32.9. The van der Waals surface area contributed by atoms with Gasteiger partial charge in [0.15, 0.2) is 31.0 Å². The fraction of sp³-hybridized carbons (Fsp3) is 0.437. The zero-order valence-electron chi connectivity index (χ0n) is 70.0. The molecule has 1 amide bonds. The van der Waals surface area contributed by atoms with E-state index >= 15 is 0 Å². The summed E-state index contributed by atoms with van der Waals surface area (Å²) in [4.78, 5) is 69.7. The van der Waals surface area contributed by atoms with Crippen LogP contribution in [0.15, 0.2) is 145 Å². The van der Waals surface area contributed by atoms with E-state index in [0.717, 1.165) is 153 Å². The number of thioether (sulfide) groups is 2. The Kier molecular flexibility index (Phi) is 33.4. The molecule has 0 spiro atoms. The summed E-state index contributed by atoms with van der Waals surface area (Å²) in [6.45, 7) is 7.62. The van der Waals surface area contributed by atoms with Crippen molar-refractivity contribution in [1.29, 1.82) is 0 Å². The zero-order valence-corrected chi connectivity index (χ0v) is 77.1. The molecular formula is C87H99BrCl3F2N13O15S4. The zero-order chi connectivity index (χ0) is 90.5. The molecule has 28 nitrogen and oxygen atoms in total. The van der Waals surface area contributed by atoms with E-state index in [9.17, 15) is 70.9 Å². The second-order valence-corrected chi connectivity index (χ2v) is 39.9. The van der Waals surface area contributed by atoms with E-state index < -0.39 is 52.5 Å². The minimum Gasteiger partial charge on any atom is -0.398 e. The summed E-state index contributed by atoms with van der Waals surface area (Å²) < 4.78 is 89.7. The summed E-state index contributed by atoms with van der Waals surface area (Å²) in [5, 5.41) is 46.2. The number of anilines is 3. The Balaban J connectivity index is 0.000000143. The first kappa shape index (κ1) is 96.6. The number of nitrogens with one attached hydrogen (secondary N) is 1. The number of hydrogen-bond acceptors (Lipinski definition) is 23. The van der Waals surface area contributed by atoms with Gasteiger partial charge in [-0.1, -0.05) is 101 Å². The normalized spacial score (nSPS) is 17.5. The van der Waals surface area contributed by atoms with Crippen LogP contribution < -0.4 is 16.8 Å². The van der Waals surface area contributed by atoms with Gasteiger partial charge >= 0.3 is 11.4 Å². The molecule has 5 N–H and O–H groups in total. The number of aromatic nitrogens is 6. The molecule has 7 saturated carbocycles. The lowest BCUT2D eigenvalue weighted by molar-refractivity contribution is -0.387. The Morgan fingerprint density at radius 2 is 0.872 bits per heavy atom. The van der Waals surface area contributed by atoms with Crippen LogP contribution in [-0.2, 0) is 33.9 Å². The molecule has 2 saturated heterocycles. The molecule has 668 valence electrons. The van der Waals surface area contributed by atoms with Crippen LogP contribution in [0.5, 0.6) is 0 Å². The van der Waals surface area contributed by atoms with Crippen LogP contribution in [0, 0.1) is 77.8 Å². The van der Waals surface area contributed by atoms with E-state index in [1.807, 2.05) is 78.0 Å². The highest BCUT2D eigenvalue weighted by Gasteiger charge is 2.33. The van der Waals surface area contributed by atoms with Crippen LogP contribution >= 0.6 is 74.3 Å². The molecule has 6 aromatic carbocycles. The number of carbonyl (C=O) groups excluding carboxylic acids is 1. The number of sulfone groups is 2. The van der Waals surface area contributed by atoms with Crippen molar-refractivity contribution in [2.45, 2.75) is 211 Å². The number of halogens is 6. The van der Waals surface area contributed by atoms with E-state index in [1.165, 1.54) is 104 Å². The maximum atomic E-state index is 13.0. The number of aryl methyl sites for hydroxylation is 2. The number of rotatable bonds is 18. The van der Waals surface area contributed by atoms with E-state index in [-0.39, 0.29) is 55.3 Å². The third-order valence-electron chi connectivity index (χ3n) is 21.7.